The fraction of sp³-hybridized carbons (Fsp3) is 0.412. The largest absolute Gasteiger partial charge is 0.466 e. The quantitative estimate of drug-likeness (QED) is 0.250. The highest BCUT2D eigenvalue weighted by Gasteiger charge is 2.60. The van der Waals surface area contributed by atoms with Crippen molar-refractivity contribution in [3.8, 4) is 0 Å². The van der Waals surface area contributed by atoms with E-state index in [2.05, 4.69) is 74.6 Å². The molecule has 0 spiro atoms. The van der Waals surface area contributed by atoms with Gasteiger partial charge in [0.1, 0.15) is 0 Å². The van der Waals surface area contributed by atoms with Crippen LogP contribution in [0.15, 0.2) is 78.9 Å². The molecule has 2 aliphatic rings. The summed E-state index contributed by atoms with van der Waals surface area (Å²) in [6, 6.07) is 26.0. The summed E-state index contributed by atoms with van der Waals surface area (Å²) < 4.78 is 12.2. The zero-order valence-electron chi connectivity index (χ0n) is 24.2. The molecule has 2 aliphatic carbocycles. The highest BCUT2D eigenvalue weighted by Crippen LogP contribution is 2.60. The summed E-state index contributed by atoms with van der Waals surface area (Å²) in [4.78, 5) is 25.5. The molecule has 0 heterocycles. The van der Waals surface area contributed by atoms with Crippen LogP contribution >= 0.6 is 11.6 Å². The number of carbonyl (C=O) groups is 2. The third kappa shape index (κ3) is 7.11. The molecule has 0 bridgehead atoms. The van der Waals surface area contributed by atoms with E-state index >= 15 is 0 Å². The SMILES string of the molecule is CCOC(=O)CC(NC(=O)c1ccc(Cl)cc1)C1C2CC(O[Si](c3ccccc3)c3ccc(C(C)(C)C)cc3)CC21. The van der Waals surface area contributed by atoms with Crippen molar-refractivity contribution in [1.82, 2.24) is 5.32 Å². The van der Waals surface area contributed by atoms with E-state index < -0.39 is 9.04 Å². The average Bonchev–Trinajstić information content (AvgIpc) is 3.45. The van der Waals surface area contributed by atoms with Gasteiger partial charge in [-0.05, 0) is 83.1 Å². The zero-order valence-corrected chi connectivity index (χ0v) is 26.0. The van der Waals surface area contributed by atoms with Crippen molar-refractivity contribution >= 4 is 42.9 Å². The first-order valence-electron chi connectivity index (χ1n) is 14.6. The molecule has 0 aromatic heterocycles. The van der Waals surface area contributed by atoms with Crippen LogP contribution < -0.4 is 15.7 Å². The fourth-order valence-corrected chi connectivity index (χ4v) is 8.47. The topological polar surface area (TPSA) is 64.6 Å². The Morgan fingerprint density at radius 2 is 1.54 bits per heavy atom. The third-order valence-electron chi connectivity index (χ3n) is 8.38. The van der Waals surface area contributed by atoms with Crippen molar-refractivity contribution in [2.45, 2.75) is 64.5 Å². The van der Waals surface area contributed by atoms with Crippen LogP contribution in [0.1, 0.15) is 62.9 Å². The van der Waals surface area contributed by atoms with Crippen LogP contribution in [0.25, 0.3) is 0 Å². The van der Waals surface area contributed by atoms with E-state index in [0.29, 0.717) is 29.0 Å². The fourth-order valence-electron chi connectivity index (χ4n) is 6.25. The highest BCUT2D eigenvalue weighted by molar-refractivity contribution is 6.80. The monoisotopic (exact) mass is 588 g/mol. The summed E-state index contributed by atoms with van der Waals surface area (Å²) in [6.07, 6.45) is 2.21. The molecule has 7 heteroatoms. The minimum Gasteiger partial charge on any atom is -0.466 e. The van der Waals surface area contributed by atoms with E-state index in [-0.39, 0.29) is 41.8 Å². The Kier molecular flexibility index (Phi) is 9.02. The second-order valence-corrected chi connectivity index (χ2v) is 14.7. The van der Waals surface area contributed by atoms with Gasteiger partial charge in [0.25, 0.3) is 14.9 Å². The maximum Gasteiger partial charge on any atom is 0.307 e. The van der Waals surface area contributed by atoms with E-state index in [4.69, 9.17) is 20.8 Å². The Morgan fingerprint density at radius 1 is 0.927 bits per heavy atom. The summed E-state index contributed by atoms with van der Waals surface area (Å²) in [5.41, 5.74) is 1.95. The molecule has 0 aliphatic heterocycles. The molecule has 5 rings (SSSR count). The first-order chi connectivity index (χ1) is 19.6. The van der Waals surface area contributed by atoms with Crippen LogP contribution in [0.3, 0.4) is 0 Å². The van der Waals surface area contributed by atoms with Crippen LogP contribution in [0.4, 0.5) is 0 Å². The molecule has 1 radical (unpaired) electrons. The number of carbonyl (C=O) groups excluding carboxylic acids is 2. The average molecular weight is 589 g/mol. The maximum absolute atomic E-state index is 13.0. The van der Waals surface area contributed by atoms with E-state index in [1.807, 2.05) is 6.07 Å². The summed E-state index contributed by atoms with van der Waals surface area (Å²) in [7, 11) is -1.42. The van der Waals surface area contributed by atoms with Crippen molar-refractivity contribution in [3.63, 3.8) is 0 Å². The minimum atomic E-state index is -1.42. The van der Waals surface area contributed by atoms with Gasteiger partial charge in [0.05, 0.1) is 13.0 Å². The Bertz CT molecular complexity index is 1330. The number of hydrogen-bond acceptors (Lipinski definition) is 4. The van der Waals surface area contributed by atoms with Gasteiger partial charge < -0.3 is 14.5 Å². The lowest BCUT2D eigenvalue weighted by molar-refractivity contribution is -0.143. The van der Waals surface area contributed by atoms with Crippen molar-refractivity contribution in [2.75, 3.05) is 6.61 Å². The Morgan fingerprint density at radius 3 is 2.12 bits per heavy atom. The lowest BCUT2D eigenvalue weighted by atomic mass is 9.87. The van der Waals surface area contributed by atoms with E-state index in [0.717, 1.165) is 12.8 Å². The molecular formula is C34H39ClNO4Si. The predicted molar refractivity (Wildman–Crippen MR) is 165 cm³/mol. The van der Waals surface area contributed by atoms with Gasteiger partial charge in [-0.3, -0.25) is 9.59 Å². The number of amides is 1. The molecule has 3 aromatic rings. The van der Waals surface area contributed by atoms with E-state index in [1.165, 1.54) is 15.9 Å². The molecule has 2 fully saturated rings. The van der Waals surface area contributed by atoms with Gasteiger partial charge >= 0.3 is 5.97 Å². The van der Waals surface area contributed by atoms with Crippen molar-refractivity contribution < 1.29 is 18.8 Å². The summed E-state index contributed by atoms with van der Waals surface area (Å²) >= 11 is 6.00. The van der Waals surface area contributed by atoms with Crippen LogP contribution in [-0.4, -0.2) is 39.7 Å². The van der Waals surface area contributed by atoms with Crippen LogP contribution in [0, 0.1) is 17.8 Å². The molecule has 0 saturated heterocycles. The molecular weight excluding hydrogens is 550 g/mol. The van der Waals surface area contributed by atoms with Gasteiger partial charge in [-0.2, -0.15) is 0 Å². The predicted octanol–water partition coefficient (Wildman–Crippen LogP) is 5.54. The molecule has 5 nitrogen and oxygen atoms in total. The lowest BCUT2D eigenvalue weighted by Gasteiger charge is -2.26. The van der Waals surface area contributed by atoms with Gasteiger partial charge in [0, 0.05) is 22.7 Å². The second kappa shape index (κ2) is 12.5. The highest BCUT2D eigenvalue weighted by atomic mass is 35.5. The number of hydrogen-bond donors (Lipinski definition) is 1. The van der Waals surface area contributed by atoms with E-state index in [1.54, 1.807) is 31.2 Å². The van der Waals surface area contributed by atoms with Gasteiger partial charge in [0.15, 0.2) is 0 Å². The molecule has 1 amide bonds. The van der Waals surface area contributed by atoms with Crippen LogP contribution in [0.5, 0.6) is 0 Å². The number of rotatable bonds is 10. The Labute approximate surface area is 250 Å². The summed E-state index contributed by atoms with van der Waals surface area (Å²) in [5.74, 6) is 0.621. The van der Waals surface area contributed by atoms with Gasteiger partial charge in [-0.1, -0.05) is 87.0 Å². The Hall–Kier alpha value is -2.93. The molecule has 3 unspecified atom stereocenters. The van der Waals surface area contributed by atoms with Crippen LogP contribution in [0.2, 0.25) is 5.02 Å². The number of esters is 1. The minimum absolute atomic E-state index is 0.101. The second-order valence-electron chi connectivity index (χ2n) is 12.2. The van der Waals surface area contributed by atoms with E-state index in [9.17, 15) is 9.59 Å². The number of halogens is 1. The normalized spacial score (nSPS) is 22.2. The molecule has 2 saturated carbocycles. The van der Waals surface area contributed by atoms with Crippen molar-refractivity contribution in [3.05, 3.63) is 95.0 Å². The molecule has 1 N–H and O–H groups in total. The molecule has 215 valence electrons. The third-order valence-corrected chi connectivity index (χ3v) is 10.9. The van der Waals surface area contributed by atoms with Gasteiger partial charge in [-0.25, -0.2) is 0 Å². The number of benzene rings is 3. The summed E-state index contributed by atoms with van der Waals surface area (Å²) in [6.45, 7) is 8.82. The molecule has 3 atom stereocenters. The van der Waals surface area contributed by atoms with Crippen LogP contribution in [-0.2, 0) is 19.4 Å². The van der Waals surface area contributed by atoms with Gasteiger partial charge in [-0.15, -0.1) is 0 Å². The Balaban J connectivity index is 1.27. The van der Waals surface area contributed by atoms with Crippen molar-refractivity contribution in [2.24, 2.45) is 17.8 Å². The molecule has 3 aromatic carbocycles. The summed E-state index contributed by atoms with van der Waals surface area (Å²) in [5, 5.41) is 6.21. The van der Waals surface area contributed by atoms with Crippen molar-refractivity contribution in [1.29, 1.82) is 0 Å². The zero-order chi connectivity index (χ0) is 29.1. The first kappa shape index (κ1) is 29.6. The first-order valence-corrected chi connectivity index (χ1v) is 16.3. The maximum atomic E-state index is 13.0. The number of nitrogens with one attached hydrogen (secondary N) is 1. The number of ether oxygens (including phenoxy) is 1. The number of fused-ring (bicyclic) bond motifs is 1. The lowest BCUT2D eigenvalue weighted by Crippen LogP contribution is -2.47. The molecule has 41 heavy (non-hydrogen) atoms. The standard InChI is InChI=1S/C34H39ClNO4Si/c1-5-39-31(37)21-30(36-33(38)22-11-15-24(35)16-12-22)32-28-19-25(20-29(28)32)40-41(26-9-7-6-8-10-26)27-17-13-23(14-18-27)34(2,3)4/h6-18,25,28-30,32H,5,19-21H2,1-4H3,(H,36,38). The smallest absolute Gasteiger partial charge is 0.307 e. The van der Waals surface area contributed by atoms with Gasteiger partial charge in [0.2, 0.25) is 0 Å².